The van der Waals surface area contributed by atoms with Crippen LogP contribution < -0.4 is 0 Å². The fourth-order valence-corrected chi connectivity index (χ4v) is 1.82. The summed E-state index contributed by atoms with van der Waals surface area (Å²) < 4.78 is 45.3. The number of nitrogens with zero attached hydrogens (tertiary/aromatic N) is 1. The molecule has 0 spiro atoms. The molecular formula is C10H19NO3. The summed E-state index contributed by atoms with van der Waals surface area (Å²) in [6, 6.07) is 0. The topological polar surface area (TPSA) is 60.8 Å². The summed E-state index contributed by atoms with van der Waals surface area (Å²) in [4.78, 5) is 11.9. The van der Waals surface area contributed by atoms with E-state index in [2.05, 4.69) is 0 Å². The Bertz CT molecular complexity index is 353. The van der Waals surface area contributed by atoms with E-state index in [1.54, 1.807) is 0 Å². The van der Waals surface area contributed by atoms with Crippen molar-refractivity contribution < 1.29 is 23.2 Å². The quantitative estimate of drug-likeness (QED) is 0.738. The molecule has 1 aliphatic rings. The lowest BCUT2D eigenvalue weighted by Gasteiger charge is -2.28. The van der Waals surface area contributed by atoms with Crippen molar-refractivity contribution >= 4 is 6.09 Å². The average Bonchev–Trinajstić information content (AvgIpc) is 2.65. The normalized spacial score (nSPS) is 33.5. The van der Waals surface area contributed by atoms with Crippen LogP contribution in [0.5, 0.6) is 0 Å². The molecular weight excluding hydrogens is 182 g/mol. The molecule has 14 heavy (non-hydrogen) atoms. The lowest BCUT2D eigenvalue weighted by atomic mass is 9.93. The van der Waals surface area contributed by atoms with E-state index in [1.165, 1.54) is 0 Å². The van der Waals surface area contributed by atoms with Crippen LogP contribution in [0.2, 0.25) is 0 Å². The zero-order chi connectivity index (χ0) is 15.8. The Labute approximate surface area is 93.0 Å². The molecule has 4 heteroatoms. The van der Waals surface area contributed by atoms with Gasteiger partial charge in [0.1, 0.15) is 0 Å². The number of amides is 1. The number of carbonyl (C=O) groups is 1. The minimum Gasteiger partial charge on any atom is -0.465 e. The van der Waals surface area contributed by atoms with E-state index in [9.17, 15) is 9.90 Å². The summed E-state index contributed by atoms with van der Waals surface area (Å²) in [6.45, 7) is -6.11. The number of rotatable bonds is 3. The first-order valence-corrected chi connectivity index (χ1v) is 4.59. The van der Waals surface area contributed by atoms with Crippen LogP contribution in [0.25, 0.3) is 0 Å². The summed E-state index contributed by atoms with van der Waals surface area (Å²) in [5.74, 6) is -0.376. The maximum Gasteiger partial charge on any atom is 0.407 e. The number of carboxylic acid groups (broad SMARTS) is 1. The van der Waals surface area contributed by atoms with Crippen molar-refractivity contribution in [2.45, 2.75) is 38.5 Å². The maximum atomic E-state index is 11.3. The molecule has 0 aromatic heterocycles. The van der Waals surface area contributed by atoms with Gasteiger partial charge < -0.3 is 15.1 Å². The van der Waals surface area contributed by atoms with Crippen molar-refractivity contribution in [3.05, 3.63) is 0 Å². The standard InChI is InChI=1S/C10H19NO3/c1-10(2)6-8(4-3-5-12)7-11(10)9(13)14/h8,12H,3-7H2,1-2H3,(H,13,14)/t8-/m0/s1/i1D3,2D3. The first kappa shape index (κ1) is 5.35. The van der Waals surface area contributed by atoms with E-state index in [4.69, 9.17) is 13.3 Å². The summed E-state index contributed by atoms with van der Waals surface area (Å²) >= 11 is 0. The largest absolute Gasteiger partial charge is 0.465 e. The Balaban J connectivity index is 3.22. The van der Waals surface area contributed by atoms with Gasteiger partial charge in [-0.2, -0.15) is 0 Å². The summed E-state index contributed by atoms with van der Waals surface area (Å²) in [7, 11) is 0. The predicted octanol–water partition coefficient (Wildman–Crippen LogP) is 1.54. The van der Waals surface area contributed by atoms with Gasteiger partial charge >= 0.3 is 6.09 Å². The zero-order valence-corrected chi connectivity index (χ0v) is 7.86. The fraction of sp³-hybridized carbons (Fsp3) is 0.900. The molecule has 1 amide bonds. The molecule has 1 fully saturated rings. The van der Waals surface area contributed by atoms with Crippen LogP contribution in [-0.2, 0) is 0 Å². The minimum absolute atomic E-state index is 0.0991. The van der Waals surface area contributed by atoms with Crippen LogP contribution in [0, 0.1) is 5.92 Å². The molecule has 0 aromatic carbocycles. The summed E-state index contributed by atoms with van der Waals surface area (Å²) in [5.41, 5.74) is -2.37. The van der Waals surface area contributed by atoms with Gasteiger partial charge in [-0.15, -0.1) is 0 Å². The zero-order valence-electron chi connectivity index (χ0n) is 13.9. The van der Waals surface area contributed by atoms with E-state index >= 15 is 0 Å². The number of hydrogen-bond donors (Lipinski definition) is 2. The third-order valence-corrected chi connectivity index (χ3v) is 2.49. The van der Waals surface area contributed by atoms with E-state index in [-0.39, 0.29) is 25.5 Å². The van der Waals surface area contributed by atoms with Gasteiger partial charge in [0.05, 0.1) is 0 Å². The molecule has 0 bridgehead atoms. The van der Waals surface area contributed by atoms with Crippen molar-refractivity contribution in [2.75, 3.05) is 13.2 Å². The van der Waals surface area contributed by atoms with Gasteiger partial charge in [-0.25, -0.2) is 4.79 Å². The smallest absolute Gasteiger partial charge is 0.407 e. The number of hydrogen-bond acceptors (Lipinski definition) is 2. The van der Waals surface area contributed by atoms with Gasteiger partial charge in [-0.1, -0.05) is 0 Å². The van der Waals surface area contributed by atoms with Crippen molar-refractivity contribution in [3.63, 3.8) is 0 Å². The second kappa shape index (κ2) is 4.17. The average molecular weight is 207 g/mol. The fourth-order valence-electron chi connectivity index (χ4n) is 1.82. The van der Waals surface area contributed by atoms with E-state index < -0.39 is 25.3 Å². The first-order chi connectivity index (χ1) is 8.97. The molecule has 2 N–H and O–H groups in total. The van der Waals surface area contributed by atoms with Gasteiger partial charge in [-0.3, -0.25) is 0 Å². The molecule has 0 saturated carbocycles. The highest BCUT2D eigenvalue weighted by molar-refractivity contribution is 5.66. The highest BCUT2D eigenvalue weighted by Gasteiger charge is 2.40. The second-order valence-corrected chi connectivity index (χ2v) is 3.69. The number of aliphatic hydroxyl groups excluding tert-OH is 1. The van der Waals surface area contributed by atoms with Crippen LogP contribution in [0.3, 0.4) is 0 Å². The monoisotopic (exact) mass is 207 g/mol. The highest BCUT2D eigenvalue weighted by atomic mass is 16.4. The molecule has 0 aromatic rings. The minimum atomic E-state index is -2.94. The van der Waals surface area contributed by atoms with Crippen LogP contribution >= 0.6 is 0 Å². The molecule has 1 atom stereocenters. The van der Waals surface area contributed by atoms with E-state index in [0.717, 1.165) is 0 Å². The number of aliphatic hydroxyl groups is 1. The molecule has 1 rings (SSSR count). The molecule has 0 aliphatic carbocycles. The van der Waals surface area contributed by atoms with Crippen molar-refractivity contribution in [2.24, 2.45) is 5.92 Å². The molecule has 0 radical (unpaired) electrons. The summed E-state index contributed by atoms with van der Waals surface area (Å²) in [5, 5.41) is 18.0. The van der Waals surface area contributed by atoms with Gasteiger partial charge in [-0.05, 0) is 38.9 Å². The Morgan fingerprint density at radius 1 is 1.71 bits per heavy atom. The van der Waals surface area contributed by atoms with Crippen LogP contribution in [0.1, 0.15) is 41.2 Å². The van der Waals surface area contributed by atoms with Crippen LogP contribution in [0.4, 0.5) is 4.79 Å². The van der Waals surface area contributed by atoms with Gasteiger partial charge in [0.25, 0.3) is 0 Å². The Kier molecular flexibility index (Phi) is 1.59. The van der Waals surface area contributed by atoms with Crippen LogP contribution in [-0.4, -0.2) is 39.9 Å². The molecule has 82 valence electrons. The van der Waals surface area contributed by atoms with Gasteiger partial charge in [0.2, 0.25) is 0 Å². The summed E-state index contributed by atoms with van der Waals surface area (Å²) in [6.07, 6.45) is -1.000. The third-order valence-electron chi connectivity index (χ3n) is 2.49. The van der Waals surface area contributed by atoms with Gasteiger partial charge in [0, 0.05) is 26.9 Å². The lowest BCUT2D eigenvalue weighted by molar-refractivity contribution is 0.117. The van der Waals surface area contributed by atoms with E-state index in [1.807, 2.05) is 0 Å². The third kappa shape index (κ3) is 2.38. The molecule has 1 heterocycles. The van der Waals surface area contributed by atoms with Crippen molar-refractivity contribution in [1.29, 1.82) is 0 Å². The maximum absolute atomic E-state index is 11.3. The Morgan fingerprint density at radius 2 is 2.43 bits per heavy atom. The predicted molar refractivity (Wildman–Crippen MR) is 53.2 cm³/mol. The second-order valence-electron chi connectivity index (χ2n) is 3.69. The SMILES string of the molecule is [2H]C([2H])([2H])C1(C([2H])([2H])[2H])C[C@H](CCCO)CN1C(=O)O. The Morgan fingerprint density at radius 3 is 2.86 bits per heavy atom. The molecule has 1 saturated heterocycles. The highest BCUT2D eigenvalue weighted by Crippen LogP contribution is 2.34. The van der Waals surface area contributed by atoms with Crippen molar-refractivity contribution in [3.8, 4) is 0 Å². The molecule has 0 unspecified atom stereocenters. The van der Waals surface area contributed by atoms with E-state index in [0.29, 0.717) is 17.7 Å². The van der Waals surface area contributed by atoms with Crippen LogP contribution in [0.15, 0.2) is 0 Å². The number of likely N-dealkylation sites (tertiary alicyclic amines) is 1. The van der Waals surface area contributed by atoms with Crippen molar-refractivity contribution in [1.82, 2.24) is 4.90 Å². The lowest BCUT2D eigenvalue weighted by Crippen LogP contribution is -2.41. The van der Waals surface area contributed by atoms with Gasteiger partial charge in [0.15, 0.2) is 0 Å². The Hall–Kier alpha value is -0.770. The molecule has 1 aliphatic heterocycles. The molecule has 4 nitrogen and oxygen atoms in total. The first-order valence-electron chi connectivity index (χ1n) is 7.59.